The van der Waals surface area contributed by atoms with Crippen LogP contribution in [0.1, 0.15) is 31.2 Å². The molecule has 0 bridgehead atoms. The minimum absolute atomic E-state index is 0. The number of carbonyl (C=O) groups excluding carboxylic acids is 1. The van der Waals surface area contributed by atoms with Crippen molar-refractivity contribution in [1.82, 2.24) is 5.32 Å². The molecular weight excluding hydrogens is 316 g/mol. The molecule has 1 aromatic carbocycles. The number of rotatable bonds is 5. The number of halogens is 1. The number of amides is 1. The van der Waals surface area contributed by atoms with Gasteiger partial charge in [0.1, 0.15) is 11.3 Å². The number of nitrogens with one attached hydrogen (secondary N) is 1. The van der Waals surface area contributed by atoms with Crippen LogP contribution < -0.4 is 15.8 Å². The molecule has 23 heavy (non-hydrogen) atoms. The van der Waals surface area contributed by atoms with Gasteiger partial charge in [-0.15, -0.1) is 12.4 Å². The number of nitrogens with two attached hydrogens (primary N) is 1. The maximum atomic E-state index is 12.4. The number of furan rings is 1. The predicted molar refractivity (Wildman–Crippen MR) is 92.1 cm³/mol. The van der Waals surface area contributed by atoms with E-state index in [2.05, 4.69) is 5.32 Å². The van der Waals surface area contributed by atoms with Crippen molar-refractivity contribution in [3.8, 4) is 5.75 Å². The van der Waals surface area contributed by atoms with Crippen molar-refractivity contribution in [2.75, 3.05) is 13.7 Å². The van der Waals surface area contributed by atoms with E-state index in [0.29, 0.717) is 13.0 Å². The number of carbonyl (C=O) groups is 1. The Bertz CT molecular complexity index is 678. The van der Waals surface area contributed by atoms with E-state index in [1.807, 2.05) is 18.2 Å². The Labute approximate surface area is 142 Å². The van der Waals surface area contributed by atoms with E-state index in [-0.39, 0.29) is 23.9 Å². The minimum atomic E-state index is -0.208. The van der Waals surface area contributed by atoms with E-state index in [4.69, 9.17) is 14.9 Å². The van der Waals surface area contributed by atoms with Crippen molar-refractivity contribution in [2.24, 2.45) is 5.73 Å². The lowest BCUT2D eigenvalue weighted by Gasteiger charge is -2.28. The second kappa shape index (κ2) is 7.23. The third-order valence-corrected chi connectivity index (χ3v) is 4.57. The number of fused-ring (bicyclic) bond motifs is 1. The highest BCUT2D eigenvalue weighted by molar-refractivity contribution is 5.88. The Balaban J connectivity index is 0.00000192. The van der Waals surface area contributed by atoms with Gasteiger partial charge >= 0.3 is 0 Å². The van der Waals surface area contributed by atoms with Gasteiger partial charge in [0, 0.05) is 23.6 Å². The van der Waals surface area contributed by atoms with E-state index >= 15 is 0 Å². The molecule has 1 fully saturated rings. The van der Waals surface area contributed by atoms with Gasteiger partial charge < -0.3 is 20.2 Å². The maximum Gasteiger partial charge on any atom is 0.225 e. The molecular formula is C17H23ClN2O3. The van der Waals surface area contributed by atoms with E-state index in [1.54, 1.807) is 13.4 Å². The third kappa shape index (κ3) is 3.62. The number of hydrogen-bond acceptors (Lipinski definition) is 4. The van der Waals surface area contributed by atoms with Crippen LogP contribution in [0.3, 0.4) is 0 Å². The SMILES string of the molecule is COc1ccc2c(CC(=O)NC3(CN)CCCC3)coc2c1.Cl. The Kier molecular flexibility index (Phi) is 5.55. The molecule has 1 heterocycles. The Morgan fingerprint density at radius 1 is 1.39 bits per heavy atom. The molecule has 0 spiro atoms. The smallest absolute Gasteiger partial charge is 0.225 e. The maximum absolute atomic E-state index is 12.4. The molecule has 1 aliphatic carbocycles. The van der Waals surface area contributed by atoms with Crippen LogP contribution in [0.5, 0.6) is 5.75 Å². The highest BCUT2D eigenvalue weighted by atomic mass is 35.5. The summed E-state index contributed by atoms with van der Waals surface area (Å²) >= 11 is 0. The fraction of sp³-hybridized carbons (Fsp3) is 0.471. The molecule has 3 rings (SSSR count). The van der Waals surface area contributed by atoms with Crippen LogP contribution in [0.2, 0.25) is 0 Å². The van der Waals surface area contributed by atoms with Crippen LogP contribution in [-0.2, 0) is 11.2 Å². The molecule has 0 atom stereocenters. The molecule has 0 saturated heterocycles. The zero-order valence-corrected chi connectivity index (χ0v) is 14.1. The lowest BCUT2D eigenvalue weighted by molar-refractivity contribution is -0.122. The Morgan fingerprint density at radius 3 is 2.78 bits per heavy atom. The molecule has 5 nitrogen and oxygen atoms in total. The van der Waals surface area contributed by atoms with Crippen molar-refractivity contribution < 1.29 is 13.9 Å². The molecule has 0 radical (unpaired) electrons. The molecule has 6 heteroatoms. The highest BCUT2D eigenvalue weighted by Gasteiger charge is 2.33. The van der Waals surface area contributed by atoms with Gasteiger partial charge in [0.05, 0.1) is 25.3 Å². The average Bonchev–Trinajstić information content (AvgIpc) is 3.15. The molecule has 126 valence electrons. The summed E-state index contributed by atoms with van der Waals surface area (Å²) in [6.07, 6.45) is 6.16. The summed E-state index contributed by atoms with van der Waals surface area (Å²) in [6.45, 7) is 0.502. The number of benzene rings is 1. The first kappa shape index (κ1) is 17.6. The monoisotopic (exact) mass is 338 g/mol. The predicted octanol–water partition coefficient (Wildman–Crippen LogP) is 2.79. The van der Waals surface area contributed by atoms with Crippen molar-refractivity contribution >= 4 is 29.3 Å². The van der Waals surface area contributed by atoms with Crippen LogP contribution in [0.15, 0.2) is 28.9 Å². The topological polar surface area (TPSA) is 77.5 Å². The van der Waals surface area contributed by atoms with E-state index in [1.165, 1.54) is 0 Å². The van der Waals surface area contributed by atoms with Gasteiger partial charge in [-0.3, -0.25) is 4.79 Å². The number of methoxy groups -OCH3 is 1. The van der Waals surface area contributed by atoms with Crippen LogP contribution in [0, 0.1) is 0 Å². The Hall–Kier alpha value is -1.72. The van der Waals surface area contributed by atoms with Gasteiger partial charge in [0.25, 0.3) is 0 Å². The fourth-order valence-electron chi connectivity index (χ4n) is 3.27. The van der Waals surface area contributed by atoms with Gasteiger partial charge in [0.15, 0.2) is 0 Å². The van der Waals surface area contributed by atoms with E-state index in [9.17, 15) is 4.79 Å². The standard InChI is InChI=1S/C17H22N2O3.ClH/c1-21-13-4-5-14-12(10-22-15(14)9-13)8-16(20)19-17(11-18)6-2-3-7-17;/h4-5,9-10H,2-3,6-8,11,18H2,1H3,(H,19,20);1H. The zero-order valence-electron chi connectivity index (χ0n) is 13.3. The molecule has 3 N–H and O–H groups in total. The summed E-state index contributed by atoms with van der Waals surface area (Å²) in [5, 5.41) is 4.09. The molecule has 0 aliphatic heterocycles. The third-order valence-electron chi connectivity index (χ3n) is 4.57. The zero-order chi connectivity index (χ0) is 15.6. The largest absolute Gasteiger partial charge is 0.497 e. The van der Waals surface area contributed by atoms with Crippen LogP contribution in [0.25, 0.3) is 11.0 Å². The minimum Gasteiger partial charge on any atom is -0.497 e. The van der Waals surface area contributed by atoms with Crippen molar-refractivity contribution in [2.45, 2.75) is 37.6 Å². The van der Waals surface area contributed by atoms with E-state index in [0.717, 1.165) is 48.0 Å². The van der Waals surface area contributed by atoms with Crippen molar-refractivity contribution in [1.29, 1.82) is 0 Å². The number of hydrogen-bond donors (Lipinski definition) is 2. The van der Waals surface area contributed by atoms with Gasteiger partial charge in [-0.25, -0.2) is 0 Å². The van der Waals surface area contributed by atoms with Crippen LogP contribution in [-0.4, -0.2) is 25.1 Å². The van der Waals surface area contributed by atoms with Crippen LogP contribution >= 0.6 is 12.4 Å². The normalized spacial score (nSPS) is 16.1. The van der Waals surface area contributed by atoms with E-state index < -0.39 is 0 Å². The molecule has 1 amide bonds. The van der Waals surface area contributed by atoms with Crippen molar-refractivity contribution in [3.63, 3.8) is 0 Å². The molecule has 0 unspecified atom stereocenters. The second-order valence-corrected chi connectivity index (χ2v) is 6.04. The lowest BCUT2D eigenvalue weighted by Crippen LogP contribution is -2.52. The molecule has 1 saturated carbocycles. The van der Waals surface area contributed by atoms with Gasteiger partial charge in [0.2, 0.25) is 5.91 Å². The first-order chi connectivity index (χ1) is 10.7. The average molecular weight is 339 g/mol. The second-order valence-electron chi connectivity index (χ2n) is 6.04. The first-order valence-electron chi connectivity index (χ1n) is 7.71. The first-order valence-corrected chi connectivity index (χ1v) is 7.71. The van der Waals surface area contributed by atoms with Crippen molar-refractivity contribution in [3.05, 3.63) is 30.0 Å². The summed E-state index contributed by atoms with van der Waals surface area (Å²) in [5.74, 6) is 0.747. The van der Waals surface area contributed by atoms with Gasteiger partial charge in [-0.05, 0) is 25.0 Å². The highest BCUT2D eigenvalue weighted by Crippen LogP contribution is 2.29. The lowest BCUT2D eigenvalue weighted by atomic mass is 9.97. The summed E-state index contributed by atoms with van der Waals surface area (Å²) in [5.41, 5.74) is 7.28. The van der Waals surface area contributed by atoms with Gasteiger partial charge in [-0.1, -0.05) is 12.8 Å². The van der Waals surface area contributed by atoms with Gasteiger partial charge in [-0.2, -0.15) is 0 Å². The summed E-state index contributed by atoms with van der Waals surface area (Å²) in [6, 6.07) is 5.63. The molecule has 1 aliphatic rings. The number of ether oxygens (including phenoxy) is 1. The fourth-order valence-corrected chi connectivity index (χ4v) is 3.27. The molecule has 1 aromatic heterocycles. The summed E-state index contributed by atoms with van der Waals surface area (Å²) in [7, 11) is 1.62. The van der Waals surface area contributed by atoms with Crippen LogP contribution in [0.4, 0.5) is 0 Å². The summed E-state index contributed by atoms with van der Waals surface area (Å²) < 4.78 is 10.7. The molecule has 2 aromatic rings. The quantitative estimate of drug-likeness (QED) is 0.878. The Morgan fingerprint density at radius 2 is 2.13 bits per heavy atom. The summed E-state index contributed by atoms with van der Waals surface area (Å²) in [4.78, 5) is 12.4.